The van der Waals surface area contributed by atoms with Crippen LogP contribution < -0.4 is 11.1 Å². The van der Waals surface area contributed by atoms with E-state index in [9.17, 15) is 4.79 Å². The van der Waals surface area contributed by atoms with Crippen molar-refractivity contribution in [1.82, 2.24) is 10.3 Å². The van der Waals surface area contributed by atoms with Crippen LogP contribution in [-0.2, 0) is 0 Å². The van der Waals surface area contributed by atoms with E-state index in [-0.39, 0.29) is 11.9 Å². The van der Waals surface area contributed by atoms with Gasteiger partial charge in [-0.3, -0.25) is 4.79 Å². The van der Waals surface area contributed by atoms with Crippen molar-refractivity contribution < 1.29 is 9.21 Å². The van der Waals surface area contributed by atoms with E-state index in [4.69, 9.17) is 10.2 Å². The minimum absolute atomic E-state index is 0.152. The van der Waals surface area contributed by atoms with Gasteiger partial charge in [-0.2, -0.15) is 11.8 Å². The third-order valence-electron chi connectivity index (χ3n) is 6.23. The number of carbonyl (C=O) groups excluding carboxylic acids is 1. The van der Waals surface area contributed by atoms with E-state index < -0.39 is 0 Å². The highest BCUT2D eigenvalue weighted by molar-refractivity contribution is 7.98. The molecule has 0 saturated heterocycles. The number of fused-ring (bicyclic) bond motifs is 2. The Labute approximate surface area is 148 Å². The van der Waals surface area contributed by atoms with Crippen LogP contribution in [0, 0.1) is 23.2 Å². The summed E-state index contributed by atoms with van der Waals surface area (Å²) in [5.41, 5.74) is 6.82. The van der Waals surface area contributed by atoms with Crippen molar-refractivity contribution in [2.75, 3.05) is 18.6 Å². The second kappa shape index (κ2) is 7.08. The standard InChI is InChI=1S/C18H29N3O2S/c1-18(2)12-5-4-11(13(18)8-12)9-20-16(22)15-10-23-17(21-15)14(19)6-7-24-3/h10-14H,4-9,19H2,1-3H3,(H,20,22). The van der Waals surface area contributed by atoms with Crippen molar-refractivity contribution in [2.24, 2.45) is 28.9 Å². The summed E-state index contributed by atoms with van der Waals surface area (Å²) in [6.07, 6.45) is 8.10. The lowest BCUT2D eigenvalue weighted by Gasteiger charge is -2.60. The molecule has 4 rings (SSSR count). The number of nitrogens with one attached hydrogen (secondary N) is 1. The molecule has 0 radical (unpaired) electrons. The zero-order valence-corrected chi connectivity index (χ0v) is 15.7. The lowest BCUT2D eigenvalue weighted by atomic mass is 9.45. The van der Waals surface area contributed by atoms with Crippen LogP contribution in [-0.4, -0.2) is 29.4 Å². The van der Waals surface area contributed by atoms with Crippen LogP contribution in [0.3, 0.4) is 0 Å². The molecule has 2 bridgehead atoms. The number of aromatic nitrogens is 1. The summed E-state index contributed by atoms with van der Waals surface area (Å²) in [5.74, 6) is 3.46. The topological polar surface area (TPSA) is 81.1 Å². The maximum atomic E-state index is 12.3. The molecule has 3 fully saturated rings. The predicted octanol–water partition coefficient (Wildman–Crippen LogP) is 3.23. The minimum atomic E-state index is -0.245. The fourth-order valence-electron chi connectivity index (χ4n) is 4.45. The Hall–Kier alpha value is -1.01. The summed E-state index contributed by atoms with van der Waals surface area (Å²) in [6, 6.07) is -0.245. The molecular weight excluding hydrogens is 322 g/mol. The molecule has 4 atom stereocenters. The minimum Gasteiger partial charge on any atom is -0.446 e. The number of carbonyl (C=O) groups is 1. The molecule has 4 unspecified atom stereocenters. The van der Waals surface area contributed by atoms with Gasteiger partial charge in [0.1, 0.15) is 6.26 Å². The van der Waals surface area contributed by atoms with Gasteiger partial charge in [0.05, 0.1) is 6.04 Å². The molecule has 0 aromatic carbocycles. The maximum Gasteiger partial charge on any atom is 0.273 e. The second-order valence-corrected chi connectivity index (χ2v) is 8.85. The van der Waals surface area contributed by atoms with Gasteiger partial charge in [-0.1, -0.05) is 13.8 Å². The summed E-state index contributed by atoms with van der Waals surface area (Å²) in [7, 11) is 0. The molecule has 134 valence electrons. The summed E-state index contributed by atoms with van der Waals surface area (Å²) >= 11 is 1.74. The van der Waals surface area contributed by atoms with Crippen molar-refractivity contribution in [3.8, 4) is 0 Å². The third-order valence-corrected chi connectivity index (χ3v) is 6.87. The smallest absolute Gasteiger partial charge is 0.273 e. The number of hydrogen-bond donors (Lipinski definition) is 2. The fourth-order valence-corrected chi connectivity index (χ4v) is 4.94. The van der Waals surface area contributed by atoms with Crippen LogP contribution in [0.2, 0.25) is 0 Å². The Morgan fingerprint density at radius 3 is 3.00 bits per heavy atom. The van der Waals surface area contributed by atoms with Gasteiger partial charge in [0.15, 0.2) is 5.69 Å². The highest BCUT2D eigenvalue weighted by atomic mass is 32.2. The molecule has 3 aliphatic carbocycles. The van der Waals surface area contributed by atoms with Gasteiger partial charge in [0.25, 0.3) is 5.91 Å². The largest absolute Gasteiger partial charge is 0.446 e. The molecule has 1 heterocycles. The van der Waals surface area contributed by atoms with E-state index >= 15 is 0 Å². The molecule has 1 aromatic heterocycles. The molecule has 3 saturated carbocycles. The first-order valence-corrected chi connectivity index (χ1v) is 10.3. The Morgan fingerprint density at radius 2 is 2.33 bits per heavy atom. The zero-order chi connectivity index (χ0) is 17.3. The van der Waals surface area contributed by atoms with E-state index in [1.807, 2.05) is 6.26 Å². The molecule has 3 N–H and O–H groups in total. The molecule has 0 aliphatic heterocycles. The average Bonchev–Trinajstić information content (AvgIpc) is 3.07. The van der Waals surface area contributed by atoms with Crippen LogP contribution in [0.4, 0.5) is 0 Å². The maximum absolute atomic E-state index is 12.3. The number of hydrogen-bond acceptors (Lipinski definition) is 5. The number of thioether (sulfide) groups is 1. The Bertz CT molecular complexity index is 585. The average molecular weight is 352 g/mol. The number of amides is 1. The summed E-state index contributed by atoms with van der Waals surface area (Å²) in [5, 5.41) is 3.05. The van der Waals surface area contributed by atoms with Crippen molar-refractivity contribution >= 4 is 17.7 Å². The van der Waals surface area contributed by atoms with Gasteiger partial charge in [-0.15, -0.1) is 0 Å². The zero-order valence-electron chi connectivity index (χ0n) is 14.9. The van der Waals surface area contributed by atoms with Crippen molar-refractivity contribution in [3.05, 3.63) is 17.8 Å². The lowest BCUT2D eigenvalue weighted by molar-refractivity contribution is -0.103. The van der Waals surface area contributed by atoms with E-state index in [1.165, 1.54) is 25.5 Å². The monoisotopic (exact) mass is 351 g/mol. The molecule has 1 amide bonds. The first-order valence-electron chi connectivity index (χ1n) is 8.91. The van der Waals surface area contributed by atoms with Crippen LogP contribution in [0.1, 0.15) is 62.0 Å². The van der Waals surface area contributed by atoms with Crippen molar-refractivity contribution in [2.45, 2.75) is 45.6 Å². The molecule has 5 nitrogen and oxygen atoms in total. The third kappa shape index (κ3) is 3.36. The van der Waals surface area contributed by atoms with E-state index in [0.29, 0.717) is 22.9 Å². The highest BCUT2D eigenvalue weighted by Gasteiger charge is 2.53. The quantitative estimate of drug-likeness (QED) is 0.788. The van der Waals surface area contributed by atoms with E-state index in [1.54, 1.807) is 11.8 Å². The van der Waals surface area contributed by atoms with E-state index in [0.717, 1.165) is 30.6 Å². The molecule has 24 heavy (non-hydrogen) atoms. The van der Waals surface area contributed by atoms with Crippen molar-refractivity contribution in [3.63, 3.8) is 0 Å². The second-order valence-electron chi connectivity index (χ2n) is 7.87. The molecular formula is C18H29N3O2S. The summed E-state index contributed by atoms with van der Waals surface area (Å²) < 4.78 is 5.39. The number of oxazole rings is 1. The highest BCUT2D eigenvalue weighted by Crippen LogP contribution is 2.61. The Kier molecular flexibility index (Phi) is 5.25. The van der Waals surface area contributed by atoms with Crippen LogP contribution in [0.15, 0.2) is 10.7 Å². The summed E-state index contributed by atoms with van der Waals surface area (Å²) in [6.45, 7) is 5.49. The van der Waals surface area contributed by atoms with Crippen LogP contribution >= 0.6 is 11.8 Å². The number of nitrogens with two attached hydrogens (primary N) is 1. The molecule has 3 aliphatic rings. The summed E-state index contributed by atoms with van der Waals surface area (Å²) in [4.78, 5) is 16.6. The van der Waals surface area contributed by atoms with Crippen LogP contribution in [0.5, 0.6) is 0 Å². The number of rotatable bonds is 7. The molecule has 0 spiro atoms. The molecule has 1 aromatic rings. The van der Waals surface area contributed by atoms with Crippen LogP contribution in [0.25, 0.3) is 0 Å². The van der Waals surface area contributed by atoms with Gasteiger partial charge in [-0.25, -0.2) is 4.98 Å². The lowest BCUT2D eigenvalue weighted by Crippen LogP contribution is -2.54. The van der Waals surface area contributed by atoms with Gasteiger partial charge in [-0.05, 0) is 60.9 Å². The normalized spacial score (nSPS) is 28.9. The van der Waals surface area contributed by atoms with Gasteiger partial charge in [0.2, 0.25) is 5.89 Å². The predicted molar refractivity (Wildman–Crippen MR) is 96.9 cm³/mol. The van der Waals surface area contributed by atoms with Gasteiger partial charge >= 0.3 is 0 Å². The first kappa shape index (κ1) is 17.8. The Morgan fingerprint density at radius 1 is 1.54 bits per heavy atom. The van der Waals surface area contributed by atoms with Gasteiger partial charge < -0.3 is 15.5 Å². The first-order chi connectivity index (χ1) is 11.4. The van der Waals surface area contributed by atoms with Crippen molar-refractivity contribution in [1.29, 1.82) is 0 Å². The van der Waals surface area contributed by atoms with E-state index in [2.05, 4.69) is 24.1 Å². The number of nitrogens with zero attached hydrogens (tertiary/aromatic N) is 1. The fraction of sp³-hybridized carbons (Fsp3) is 0.778. The SMILES string of the molecule is CSCCC(N)c1nc(C(=O)NCC2CCC3CC2C3(C)C)co1. The Balaban J connectivity index is 1.51. The van der Waals surface area contributed by atoms with Gasteiger partial charge in [0, 0.05) is 6.54 Å². The molecule has 6 heteroatoms.